The largest absolute Gasteiger partial charge is 0.462 e. The molecule has 0 fully saturated rings. The number of fused-ring (bicyclic) bond motifs is 1. The molecular weight excluding hydrogens is 286 g/mol. The lowest BCUT2D eigenvalue weighted by Crippen LogP contribution is -2.30. The second kappa shape index (κ2) is 6.38. The minimum Gasteiger partial charge on any atom is -0.462 e. The van der Waals surface area contributed by atoms with E-state index in [1.165, 1.54) is 10.9 Å². The van der Waals surface area contributed by atoms with E-state index >= 15 is 0 Å². The van der Waals surface area contributed by atoms with Crippen LogP contribution >= 0.6 is 0 Å². The second-order valence-electron chi connectivity index (χ2n) is 4.84. The quantitative estimate of drug-likeness (QED) is 0.655. The molecule has 22 heavy (non-hydrogen) atoms. The van der Waals surface area contributed by atoms with Crippen molar-refractivity contribution >= 4 is 23.3 Å². The molecule has 2 aromatic heterocycles. The Bertz CT molecular complexity index is 782. The number of nitrogens with zero attached hydrogens (tertiary/aromatic N) is 2. The minimum absolute atomic E-state index is 0.106. The van der Waals surface area contributed by atoms with Crippen molar-refractivity contribution in [3.05, 3.63) is 39.8 Å². The first-order valence-corrected chi connectivity index (χ1v) is 6.90. The molecular formula is C15H17N3O4. The number of aryl methyl sites for hydroxylation is 1. The molecule has 7 nitrogen and oxygen atoms in total. The fraction of sp³-hybridized carbons (Fsp3) is 0.333. The molecule has 0 aliphatic heterocycles. The zero-order chi connectivity index (χ0) is 16.3. The lowest BCUT2D eigenvalue weighted by molar-refractivity contribution is -0.108. The van der Waals surface area contributed by atoms with Crippen LogP contribution in [0, 0.1) is 6.92 Å². The number of esters is 1. The fourth-order valence-corrected chi connectivity index (χ4v) is 2.00. The molecule has 2 heterocycles. The lowest BCUT2D eigenvalue weighted by Gasteiger charge is -2.16. The first-order chi connectivity index (χ1) is 10.5. The molecule has 1 unspecified atom stereocenters. The average Bonchev–Trinajstić information content (AvgIpc) is 2.49. The highest BCUT2D eigenvalue weighted by Gasteiger charge is 2.18. The van der Waals surface area contributed by atoms with E-state index in [4.69, 9.17) is 4.74 Å². The van der Waals surface area contributed by atoms with E-state index in [2.05, 4.69) is 10.4 Å². The molecule has 0 radical (unpaired) electrons. The Morgan fingerprint density at radius 2 is 2.23 bits per heavy atom. The molecule has 7 heteroatoms. The topological polar surface area (TPSA) is 90.3 Å². The van der Waals surface area contributed by atoms with Crippen LogP contribution in [0.2, 0.25) is 0 Å². The Balaban J connectivity index is 2.71. The smallest absolute Gasteiger partial charge is 0.343 e. The van der Waals surface area contributed by atoms with Crippen molar-refractivity contribution in [3.8, 4) is 0 Å². The summed E-state index contributed by atoms with van der Waals surface area (Å²) in [6.45, 7) is 5.27. The fourth-order valence-electron chi connectivity index (χ4n) is 2.00. The summed E-state index contributed by atoms with van der Waals surface area (Å²) in [7, 11) is 0. The molecule has 1 atom stereocenters. The maximum absolute atomic E-state index is 12.4. The highest BCUT2D eigenvalue weighted by atomic mass is 16.5. The van der Waals surface area contributed by atoms with E-state index in [9.17, 15) is 14.4 Å². The predicted octanol–water partition coefficient (Wildman–Crippen LogP) is 1.01. The summed E-state index contributed by atoms with van der Waals surface area (Å²) in [6, 6.07) is 2.78. The maximum Gasteiger partial charge on any atom is 0.343 e. The zero-order valence-electron chi connectivity index (χ0n) is 12.6. The number of rotatable bonds is 5. The van der Waals surface area contributed by atoms with Crippen LogP contribution in [-0.4, -0.2) is 34.6 Å². The van der Waals surface area contributed by atoms with E-state index in [-0.39, 0.29) is 17.6 Å². The Morgan fingerprint density at radius 3 is 2.86 bits per heavy atom. The van der Waals surface area contributed by atoms with Crippen LogP contribution in [0.1, 0.15) is 29.9 Å². The molecule has 0 saturated carbocycles. The molecule has 0 spiro atoms. The van der Waals surface area contributed by atoms with E-state index in [0.717, 1.165) is 0 Å². The van der Waals surface area contributed by atoms with Gasteiger partial charge in [0.2, 0.25) is 5.43 Å². The molecule has 0 saturated heterocycles. The standard InChI is InChI=1S/C15H17N3O4/c1-4-22-15(21)12-7-18(17-10(3)8-19)14-11(13(12)20)6-5-9(2)16-14/h5-8,10,17H,4H2,1-3H3. The van der Waals surface area contributed by atoms with E-state index in [1.54, 1.807) is 32.9 Å². The van der Waals surface area contributed by atoms with Crippen LogP contribution in [0.3, 0.4) is 0 Å². The summed E-state index contributed by atoms with van der Waals surface area (Å²) in [5, 5.41) is 0.279. The molecule has 0 aliphatic carbocycles. The number of hydrogen-bond donors (Lipinski definition) is 1. The molecule has 0 bridgehead atoms. The number of nitrogens with one attached hydrogen (secondary N) is 1. The van der Waals surface area contributed by atoms with E-state index in [0.29, 0.717) is 17.6 Å². The molecule has 2 aromatic rings. The predicted molar refractivity (Wildman–Crippen MR) is 81.6 cm³/mol. The van der Waals surface area contributed by atoms with Crippen molar-refractivity contribution in [1.82, 2.24) is 9.66 Å². The van der Waals surface area contributed by atoms with Gasteiger partial charge in [-0.3, -0.25) is 4.79 Å². The summed E-state index contributed by atoms with van der Waals surface area (Å²) in [5.41, 5.74) is 3.38. The lowest BCUT2D eigenvalue weighted by atomic mass is 10.2. The van der Waals surface area contributed by atoms with Gasteiger partial charge in [-0.1, -0.05) is 0 Å². The van der Waals surface area contributed by atoms with Crippen molar-refractivity contribution in [2.24, 2.45) is 0 Å². The summed E-state index contributed by atoms with van der Waals surface area (Å²) in [6.07, 6.45) is 2.03. The molecule has 0 aromatic carbocycles. The number of carbonyl (C=O) groups excluding carboxylic acids is 2. The van der Waals surface area contributed by atoms with Gasteiger partial charge in [-0.15, -0.1) is 0 Å². The molecule has 116 valence electrons. The normalized spacial score (nSPS) is 12.0. The van der Waals surface area contributed by atoms with Crippen LogP contribution in [0.4, 0.5) is 0 Å². The van der Waals surface area contributed by atoms with Gasteiger partial charge in [0.15, 0.2) is 5.65 Å². The minimum atomic E-state index is -0.704. The number of ether oxygens (including phenoxy) is 1. The van der Waals surface area contributed by atoms with E-state index < -0.39 is 17.4 Å². The third kappa shape index (κ3) is 2.98. The van der Waals surface area contributed by atoms with Gasteiger partial charge in [-0.05, 0) is 32.9 Å². The van der Waals surface area contributed by atoms with Gasteiger partial charge in [-0.25, -0.2) is 14.5 Å². The molecule has 1 N–H and O–H groups in total. The number of aromatic nitrogens is 2. The van der Waals surface area contributed by atoms with Crippen molar-refractivity contribution in [2.45, 2.75) is 26.8 Å². The Labute approximate surface area is 126 Å². The highest BCUT2D eigenvalue weighted by Crippen LogP contribution is 2.10. The van der Waals surface area contributed by atoms with Crippen molar-refractivity contribution < 1.29 is 14.3 Å². The van der Waals surface area contributed by atoms with Crippen LogP contribution in [0.25, 0.3) is 11.0 Å². The SMILES string of the molecule is CCOC(=O)c1cn(NC(C)C=O)c2nc(C)ccc2c1=O. The van der Waals surface area contributed by atoms with Gasteiger partial charge in [0.05, 0.1) is 18.0 Å². The van der Waals surface area contributed by atoms with Crippen LogP contribution < -0.4 is 10.9 Å². The van der Waals surface area contributed by atoms with Gasteiger partial charge < -0.3 is 15.0 Å². The summed E-state index contributed by atoms with van der Waals surface area (Å²) in [5.74, 6) is -0.704. The van der Waals surface area contributed by atoms with Gasteiger partial charge >= 0.3 is 5.97 Å². The maximum atomic E-state index is 12.4. The average molecular weight is 303 g/mol. The molecule has 0 amide bonds. The van der Waals surface area contributed by atoms with Crippen LogP contribution in [0.15, 0.2) is 23.1 Å². The van der Waals surface area contributed by atoms with E-state index in [1.807, 2.05) is 0 Å². The van der Waals surface area contributed by atoms with Gasteiger partial charge in [-0.2, -0.15) is 0 Å². The second-order valence-corrected chi connectivity index (χ2v) is 4.84. The number of pyridine rings is 2. The monoisotopic (exact) mass is 303 g/mol. The zero-order valence-corrected chi connectivity index (χ0v) is 12.6. The summed E-state index contributed by atoms with van der Waals surface area (Å²) in [4.78, 5) is 39.5. The Kier molecular flexibility index (Phi) is 4.55. The molecule has 2 rings (SSSR count). The Morgan fingerprint density at radius 1 is 1.50 bits per heavy atom. The van der Waals surface area contributed by atoms with Gasteiger partial charge in [0.25, 0.3) is 0 Å². The molecule has 0 aliphatic rings. The highest BCUT2D eigenvalue weighted by molar-refractivity contribution is 5.93. The Hall–Kier alpha value is -2.70. The van der Waals surface area contributed by atoms with Gasteiger partial charge in [0.1, 0.15) is 11.8 Å². The number of aldehydes is 1. The van der Waals surface area contributed by atoms with Crippen molar-refractivity contribution in [3.63, 3.8) is 0 Å². The van der Waals surface area contributed by atoms with Crippen LogP contribution in [-0.2, 0) is 9.53 Å². The van der Waals surface area contributed by atoms with Crippen molar-refractivity contribution in [2.75, 3.05) is 12.0 Å². The third-order valence-electron chi connectivity index (χ3n) is 3.03. The van der Waals surface area contributed by atoms with Crippen molar-refractivity contribution in [1.29, 1.82) is 0 Å². The number of carbonyl (C=O) groups is 2. The summed E-state index contributed by atoms with van der Waals surface area (Å²) < 4.78 is 6.31. The van der Waals surface area contributed by atoms with Crippen LogP contribution in [0.5, 0.6) is 0 Å². The number of hydrogen-bond acceptors (Lipinski definition) is 6. The first kappa shape index (κ1) is 15.7. The summed E-state index contributed by atoms with van der Waals surface area (Å²) >= 11 is 0. The van der Waals surface area contributed by atoms with Gasteiger partial charge in [0, 0.05) is 11.9 Å². The third-order valence-corrected chi connectivity index (χ3v) is 3.03. The first-order valence-electron chi connectivity index (χ1n) is 6.90.